The SMILES string of the molecule is C[C@@H](C(=O)N1CCN(c2ccc(S(=O)(=O)Nc3nccs3)cc2)C(=O)C1)N1CCCc2ccccc21.[HH].[HH]. The Morgan fingerprint density at radius 3 is 2.61 bits per heavy atom. The van der Waals surface area contributed by atoms with Crippen molar-refractivity contribution < 1.29 is 20.9 Å². The Hall–Kier alpha value is -3.44. The highest BCUT2D eigenvalue weighted by atomic mass is 32.2. The number of nitrogens with one attached hydrogen (secondary N) is 1. The van der Waals surface area contributed by atoms with E-state index < -0.39 is 10.0 Å². The highest BCUT2D eigenvalue weighted by Crippen LogP contribution is 2.29. The number of nitrogens with zero attached hydrogens (tertiary/aromatic N) is 4. The predicted octanol–water partition coefficient (Wildman–Crippen LogP) is 3.45. The number of sulfonamides is 1. The Kier molecular flexibility index (Phi) is 6.67. The summed E-state index contributed by atoms with van der Waals surface area (Å²) in [6, 6.07) is 14.0. The minimum Gasteiger partial charge on any atom is -0.360 e. The van der Waals surface area contributed by atoms with Crippen LogP contribution in [0.25, 0.3) is 0 Å². The van der Waals surface area contributed by atoms with E-state index in [4.69, 9.17) is 0 Å². The zero-order chi connectivity index (χ0) is 25.3. The fourth-order valence-corrected chi connectivity index (χ4v) is 6.54. The number of thiazole rings is 1. The van der Waals surface area contributed by atoms with Gasteiger partial charge in [0.25, 0.3) is 10.0 Å². The summed E-state index contributed by atoms with van der Waals surface area (Å²) in [6.07, 6.45) is 3.52. The first-order chi connectivity index (χ1) is 17.3. The molecule has 1 N–H and O–H groups in total. The molecule has 1 fully saturated rings. The van der Waals surface area contributed by atoms with Gasteiger partial charge in [0.15, 0.2) is 5.13 Å². The Morgan fingerprint density at radius 1 is 1.11 bits per heavy atom. The number of anilines is 3. The lowest BCUT2D eigenvalue weighted by molar-refractivity contribution is -0.137. The van der Waals surface area contributed by atoms with Gasteiger partial charge in [-0.2, -0.15) is 0 Å². The topological polar surface area (TPSA) is 103 Å². The second-order valence-corrected chi connectivity index (χ2v) is 11.4. The minimum absolute atomic E-state index is 0. The van der Waals surface area contributed by atoms with Crippen LogP contribution in [0.5, 0.6) is 0 Å². The molecule has 0 unspecified atom stereocenters. The number of piperazine rings is 1. The third-order valence-electron chi connectivity index (χ3n) is 6.62. The Labute approximate surface area is 217 Å². The number of carbonyl (C=O) groups excluding carboxylic acids is 2. The molecule has 2 aliphatic heterocycles. The number of aromatic nitrogens is 1. The Bertz CT molecular complexity index is 1370. The quantitative estimate of drug-likeness (QED) is 0.525. The van der Waals surface area contributed by atoms with E-state index in [9.17, 15) is 18.0 Å². The number of hydrogen-bond donors (Lipinski definition) is 1. The number of fused-ring (bicyclic) bond motifs is 1. The molecule has 2 aliphatic rings. The number of benzene rings is 2. The second-order valence-electron chi connectivity index (χ2n) is 8.84. The van der Waals surface area contributed by atoms with Crippen LogP contribution in [0.1, 0.15) is 21.8 Å². The first-order valence-corrected chi connectivity index (χ1v) is 14.2. The first-order valence-electron chi connectivity index (χ1n) is 11.8. The molecule has 1 aromatic heterocycles. The van der Waals surface area contributed by atoms with Gasteiger partial charge in [0, 0.05) is 45.4 Å². The second kappa shape index (κ2) is 9.90. The monoisotopic (exact) mass is 529 g/mol. The molecule has 1 saturated heterocycles. The van der Waals surface area contributed by atoms with Gasteiger partial charge in [0.1, 0.15) is 12.6 Å². The van der Waals surface area contributed by atoms with Gasteiger partial charge in [-0.05, 0) is 55.7 Å². The van der Waals surface area contributed by atoms with Crippen molar-refractivity contribution in [3.8, 4) is 0 Å². The number of carbonyl (C=O) groups is 2. The van der Waals surface area contributed by atoms with Gasteiger partial charge in [-0.15, -0.1) is 11.3 Å². The maximum absolute atomic E-state index is 13.3. The van der Waals surface area contributed by atoms with E-state index in [2.05, 4.69) is 26.7 Å². The molecule has 2 aromatic carbocycles. The molecule has 1 atom stereocenters. The van der Waals surface area contributed by atoms with E-state index in [1.165, 1.54) is 35.2 Å². The minimum atomic E-state index is -3.77. The van der Waals surface area contributed by atoms with Crippen molar-refractivity contribution in [1.29, 1.82) is 0 Å². The van der Waals surface area contributed by atoms with E-state index in [1.54, 1.807) is 27.3 Å². The number of rotatable bonds is 6. The smallest absolute Gasteiger partial charge is 0.263 e. The number of amides is 2. The maximum Gasteiger partial charge on any atom is 0.263 e. The Morgan fingerprint density at radius 2 is 1.89 bits per heavy atom. The molecular weight excluding hydrogens is 498 g/mol. The van der Waals surface area contributed by atoms with Crippen molar-refractivity contribution in [3.63, 3.8) is 0 Å². The van der Waals surface area contributed by atoms with Gasteiger partial charge in [0.05, 0.1) is 4.90 Å². The number of para-hydroxylation sites is 1. The normalized spacial score (nSPS) is 17.0. The zero-order valence-electron chi connectivity index (χ0n) is 19.8. The molecule has 36 heavy (non-hydrogen) atoms. The van der Waals surface area contributed by atoms with Crippen LogP contribution in [-0.4, -0.2) is 62.3 Å². The molecule has 5 rings (SSSR count). The van der Waals surface area contributed by atoms with Crippen LogP contribution >= 0.6 is 11.3 Å². The molecule has 3 heterocycles. The summed E-state index contributed by atoms with van der Waals surface area (Å²) in [5.74, 6) is -0.258. The molecule has 9 nitrogen and oxygen atoms in total. The van der Waals surface area contributed by atoms with Gasteiger partial charge < -0.3 is 14.7 Å². The number of aryl methyl sites for hydroxylation is 1. The van der Waals surface area contributed by atoms with Crippen molar-refractivity contribution >= 4 is 49.7 Å². The summed E-state index contributed by atoms with van der Waals surface area (Å²) >= 11 is 1.19. The van der Waals surface area contributed by atoms with E-state index in [-0.39, 0.29) is 37.3 Å². The molecule has 192 valence electrons. The largest absolute Gasteiger partial charge is 0.360 e. The van der Waals surface area contributed by atoms with Gasteiger partial charge >= 0.3 is 0 Å². The summed E-state index contributed by atoms with van der Waals surface area (Å²) < 4.78 is 27.6. The molecular formula is C25H31N5O4S2. The van der Waals surface area contributed by atoms with Crippen LogP contribution in [0.4, 0.5) is 16.5 Å². The maximum atomic E-state index is 13.3. The zero-order valence-corrected chi connectivity index (χ0v) is 21.5. The summed E-state index contributed by atoms with van der Waals surface area (Å²) in [6.45, 7) is 3.46. The highest BCUT2D eigenvalue weighted by molar-refractivity contribution is 7.93. The summed E-state index contributed by atoms with van der Waals surface area (Å²) in [5, 5.41) is 1.97. The third-order valence-corrected chi connectivity index (χ3v) is 8.79. The molecule has 0 spiro atoms. The van der Waals surface area contributed by atoms with Crippen molar-refractivity contribution in [2.24, 2.45) is 0 Å². The summed E-state index contributed by atoms with van der Waals surface area (Å²) in [7, 11) is -3.77. The van der Waals surface area contributed by atoms with Gasteiger partial charge in [-0.1, -0.05) is 18.2 Å². The van der Waals surface area contributed by atoms with Crippen molar-refractivity contribution in [3.05, 3.63) is 65.7 Å². The molecule has 11 heteroatoms. The van der Waals surface area contributed by atoms with E-state index in [0.29, 0.717) is 18.8 Å². The average Bonchev–Trinajstić information content (AvgIpc) is 3.40. The van der Waals surface area contributed by atoms with E-state index >= 15 is 0 Å². The highest BCUT2D eigenvalue weighted by Gasteiger charge is 2.34. The fraction of sp³-hybridized carbons (Fsp3) is 0.320. The predicted molar refractivity (Wildman–Crippen MR) is 144 cm³/mol. The average molecular weight is 530 g/mol. The lowest BCUT2D eigenvalue weighted by Crippen LogP contribution is -2.57. The van der Waals surface area contributed by atoms with Crippen LogP contribution < -0.4 is 14.5 Å². The van der Waals surface area contributed by atoms with Crippen molar-refractivity contribution in [2.75, 3.05) is 40.7 Å². The first kappa shape index (κ1) is 24.3. The van der Waals surface area contributed by atoms with E-state index in [0.717, 1.165) is 25.1 Å². The molecule has 2 amide bonds. The molecule has 3 aromatic rings. The summed E-state index contributed by atoms with van der Waals surface area (Å²) in [5.41, 5.74) is 2.93. The molecule has 0 bridgehead atoms. The molecule has 0 saturated carbocycles. The van der Waals surface area contributed by atoms with E-state index in [1.807, 2.05) is 19.1 Å². The lowest BCUT2D eigenvalue weighted by atomic mass is 10.00. The molecule has 0 radical (unpaired) electrons. The van der Waals surface area contributed by atoms with Crippen molar-refractivity contribution in [1.82, 2.24) is 9.88 Å². The van der Waals surface area contributed by atoms with Crippen LogP contribution in [0.2, 0.25) is 0 Å². The van der Waals surface area contributed by atoms with Gasteiger partial charge in [-0.25, -0.2) is 13.4 Å². The third kappa shape index (κ3) is 4.80. The summed E-state index contributed by atoms with van der Waals surface area (Å²) in [4.78, 5) is 35.7. The molecule has 0 aliphatic carbocycles. The van der Waals surface area contributed by atoms with Gasteiger partial charge in [0.2, 0.25) is 11.8 Å². The standard InChI is InChI=1S/C25H27N5O4S2.2H2/c1-18(29-13-4-6-19-5-2-3-7-22(19)29)24(32)28-14-15-30(23(31)17-28)20-8-10-21(11-9-20)36(33,34)27-25-26-12-16-35-25;;/h2-3,5,7-12,16,18H,4,6,13-15,17H2,1H3,(H,26,27);2*1H/t18-;;/m0../s1. The van der Waals surface area contributed by atoms with Crippen LogP contribution in [0.15, 0.2) is 65.0 Å². The van der Waals surface area contributed by atoms with Crippen LogP contribution in [0, 0.1) is 0 Å². The fourth-order valence-electron chi connectivity index (χ4n) is 4.75. The van der Waals surface area contributed by atoms with Crippen LogP contribution in [0.3, 0.4) is 0 Å². The van der Waals surface area contributed by atoms with Gasteiger partial charge in [-0.3, -0.25) is 14.3 Å². The number of hydrogen-bond acceptors (Lipinski definition) is 7. The van der Waals surface area contributed by atoms with Crippen molar-refractivity contribution in [2.45, 2.75) is 30.7 Å². The Balaban J connectivity index is 0.00000200. The van der Waals surface area contributed by atoms with Crippen LogP contribution in [-0.2, 0) is 26.0 Å². The lowest BCUT2D eigenvalue weighted by Gasteiger charge is -2.40.